The van der Waals surface area contributed by atoms with Crippen molar-refractivity contribution in [1.82, 2.24) is 59.6 Å². The van der Waals surface area contributed by atoms with E-state index in [4.69, 9.17) is 71.8 Å². The number of hydrogen-bond donors (Lipinski definition) is 3. The van der Waals surface area contributed by atoms with Crippen LogP contribution in [0.4, 0.5) is 17.5 Å². The van der Waals surface area contributed by atoms with E-state index >= 15 is 0 Å². The quantitative estimate of drug-likeness (QED) is 0.152. The van der Waals surface area contributed by atoms with E-state index in [1.54, 1.807) is 0 Å². The largest absolute Gasteiger partial charge is 0.354 e. The molecule has 72 heavy (non-hydrogen) atoms. The van der Waals surface area contributed by atoms with E-state index in [1.807, 2.05) is 0 Å². The number of likely N-dealkylation sites (N-methyl/N-ethyl adjacent to an activating group) is 3. The van der Waals surface area contributed by atoms with Gasteiger partial charge in [0.25, 0.3) is 19.6 Å². The average molecular weight is 1020 g/mol. The molecule has 3 saturated heterocycles. The Kier molecular flexibility index (Phi) is 6.83. The summed E-state index contributed by atoms with van der Waals surface area (Å²) in [5.74, 6) is -15.9. The number of carbonyl (C=O) groups is 3. The van der Waals surface area contributed by atoms with Crippen molar-refractivity contribution in [1.29, 1.82) is 0 Å². The Bertz CT molecular complexity index is 4830. The lowest BCUT2D eigenvalue weighted by molar-refractivity contribution is -0.131. The first-order valence-corrected chi connectivity index (χ1v) is 20.6. The molecule has 3 fully saturated rings. The molecule has 3 N–H and O–H groups in total. The van der Waals surface area contributed by atoms with Crippen molar-refractivity contribution in [2.45, 2.75) is 78.7 Å². The molecule has 21 nitrogen and oxygen atoms in total. The first-order valence-electron chi connectivity index (χ1n) is 40.1. The molecule has 21 heteroatoms. The van der Waals surface area contributed by atoms with Gasteiger partial charge in [-0.2, -0.15) is 0 Å². The lowest BCUT2D eigenvalue weighted by Gasteiger charge is -2.41. The normalized spacial score (nSPS) is 38.8. The minimum absolute atomic E-state index is 0.0784. The second-order valence-electron chi connectivity index (χ2n) is 15.1. The van der Waals surface area contributed by atoms with Gasteiger partial charge in [0, 0.05) is 113 Å². The third-order valence-corrected chi connectivity index (χ3v) is 9.89. The molecule has 0 spiro atoms. The topological polar surface area (TPSA) is 208 Å². The number of aromatic nitrogens is 9. The van der Waals surface area contributed by atoms with Crippen molar-refractivity contribution in [3.05, 3.63) is 88.4 Å². The number of anilines is 3. The van der Waals surface area contributed by atoms with Crippen LogP contribution in [0.3, 0.4) is 0 Å². The first kappa shape index (κ1) is 21.5. The van der Waals surface area contributed by atoms with Gasteiger partial charge in [-0.05, 0) is 75.7 Å². The van der Waals surface area contributed by atoms with Gasteiger partial charge in [0.05, 0.1) is 48.0 Å². The molecule has 3 amide bonds. The SMILES string of the molecule is [2H]c1nc(N(C([2H])([2H])[2H])[C@]2([2H])[C@H](C)C([2H])([2H])C([2H])([2H])N(C(=O)C[N+]#[C-])C2([2H])[2H])c2c([2H])c(C)[nH]c2n1.[2H]c1nc(N([C@H]2C([2H])([2H])N(C(=O)C[N+]#[C-])C([2H])([2H])C([2H])([2H])[C@@]2([2H])C([2H])([2H])[2H])C([2H])([2H])[2H])c2c([2H])c(C)[nH]c2n1.[2H]c1nc(N([C@H]2C([2H])([2H])N(C(=O)C[N+]#[C-])C([2H])([2H])C([2H])([2H])[C@@]2([2H])C)C([2H])([2H])[2H])c2c([2H])c(C)[nH]c2n1. The van der Waals surface area contributed by atoms with Crippen LogP contribution in [-0.4, -0.2) is 175 Å². The molecule has 6 aromatic rings. The zero-order valence-electron chi connectivity index (χ0n) is 77.3. The van der Waals surface area contributed by atoms with Crippen molar-refractivity contribution < 1.29 is 67.8 Å². The smallest absolute Gasteiger partial charge is 0.302 e. The molecule has 0 aromatic carbocycles. The molecule has 378 valence electrons. The minimum Gasteiger partial charge on any atom is -0.354 e. The van der Waals surface area contributed by atoms with Crippen molar-refractivity contribution >= 4 is 68.3 Å². The van der Waals surface area contributed by atoms with Crippen molar-refractivity contribution in [3.8, 4) is 0 Å². The van der Waals surface area contributed by atoms with Gasteiger partial charge in [-0.3, -0.25) is 14.4 Å². The average Bonchev–Trinajstić information content (AvgIpc) is 1.58. The fourth-order valence-electron chi connectivity index (χ4n) is 6.52. The van der Waals surface area contributed by atoms with Crippen molar-refractivity contribution in [2.24, 2.45) is 17.7 Å². The summed E-state index contributed by atoms with van der Waals surface area (Å²) in [6.07, 6.45) is -12.9. The van der Waals surface area contributed by atoms with E-state index in [9.17, 15) is 15.8 Å². The maximum atomic E-state index is 12.9. The van der Waals surface area contributed by atoms with Gasteiger partial charge in [0.2, 0.25) is 0 Å². The Hall–Kier alpha value is -7.86. The molecule has 0 unspecified atom stereocenters. The maximum absolute atomic E-state index is 12.9. The first-order chi connectivity index (χ1) is 49.7. The summed E-state index contributed by atoms with van der Waals surface area (Å²) in [4.78, 5) is 76.9. The van der Waals surface area contributed by atoms with Crippen molar-refractivity contribution in [3.63, 3.8) is 0 Å². The summed E-state index contributed by atoms with van der Waals surface area (Å²) < 4.78 is 326. The monoisotopic (exact) mass is 1020 g/mol. The minimum atomic E-state index is -4.00. The summed E-state index contributed by atoms with van der Waals surface area (Å²) in [6.45, 7) is -12.5. The molecule has 0 bridgehead atoms. The van der Waals surface area contributed by atoms with Crippen LogP contribution in [0.15, 0.2) is 37.0 Å². The third kappa shape index (κ3) is 11.5. The zero-order valence-corrected chi connectivity index (χ0v) is 38.3. The van der Waals surface area contributed by atoms with Gasteiger partial charge in [0.15, 0.2) is 0 Å². The standard InChI is InChI=1S/3C17H22N6O/c3*1-11-5-6-23(15(24)8-18-3)9-14(11)22(4)17-13-7-12(2)21-16(13)19-10-20-17/h3*7,10-11,14H,5-6,8-9H2,1-2,4H3,(H,19,20,21)/t3*11-,14+/m111/s1/i1D3,4D3,5D2,6D2,7D,9D2,10D,11D;4D3,5D2,6D2,7D,9D2,10D,14D;4D3,5D2,6D2,7D,9D2,10D,11D. The van der Waals surface area contributed by atoms with Crippen LogP contribution in [0.25, 0.3) is 47.6 Å². The highest BCUT2D eigenvalue weighted by Gasteiger charge is 2.36. The number of fused-ring (bicyclic) bond motifs is 3. The highest BCUT2D eigenvalue weighted by atomic mass is 16.2. The summed E-state index contributed by atoms with van der Waals surface area (Å²) in [6, 6.07) is -9.88. The molecule has 0 saturated carbocycles. The number of nitrogens with zero attached hydrogens (tertiary/aromatic N) is 15. The summed E-state index contributed by atoms with van der Waals surface area (Å²) in [5.41, 5.74) is -0.0789. The van der Waals surface area contributed by atoms with Gasteiger partial charge >= 0.3 is 17.7 Å². The number of carbonyl (C=O) groups excluding carboxylic acids is 3. The fourth-order valence-corrected chi connectivity index (χ4v) is 6.52. The van der Waals surface area contributed by atoms with Gasteiger partial charge in [-0.1, -0.05) is 20.7 Å². The van der Waals surface area contributed by atoms with Gasteiger partial charge in [0.1, 0.15) is 57.4 Å². The highest BCUT2D eigenvalue weighted by Crippen LogP contribution is 2.32. The van der Waals surface area contributed by atoms with Crippen LogP contribution >= 0.6 is 0 Å². The number of likely N-dealkylation sites (tertiary alicyclic amines) is 3. The van der Waals surface area contributed by atoms with Crippen LogP contribution < -0.4 is 14.7 Å². The molecular formula is C51H66N18O3. The second-order valence-corrected chi connectivity index (χ2v) is 15.1. The van der Waals surface area contributed by atoms with E-state index in [2.05, 4.69) is 59.4 Å². The Balaban J connectivity index is 0.000000231. The molecule has 3 aliphatic heterocycles. The fraction of sp³-hybridized carbons (Fsp3) is 0.529. The number of amides is 3. The number of aromatic amines is 3. The molecular weight excluding hydrogens is 913 g/mol. The molecule has 3 aliphatic rings. The third-order valence-electron chi connectivity index (χ3n) is 9.89. The van der Waals surface area contributed by atoms with Crippen LogP contribution in [0.2, 0.25) is 0 Å². The zero-order chi connectivity index (χ0) is 85.9. The van der Waals surface area contributed by atoms with Gasteiger partial charge in [-0.25, -0.2) is 49.6 Å². The maximum Gasteiger partial charge on any atom is 0.302 e. The van der Waals surface area contributed by atoms with E-state index in [1.165, 1.54) is 20.8 Å². The molecule has 9 heterocycles. The summed E-state index contributed by atoms with van der Waals surface area (Å²) >= 11 is 0. The van der Waals surface area contributed by atoms with Crippen LogP contribution in [-0.2, 0) is 14.4 Å². The number of piperidine rings is 3. The number of hydrogen-bond acceptors (Lipinski definition) is 12. The van der Waals surface area contributed by atoms with E-state index < -0.39 is 207 Å². The summed E-state index contributed by atoms with van der Waals surface area (Å²) in [7, 11) is 0. The number of H-pyrrole nitrogens is 3. The summed E-state index contributed by atoms with van der Waals surface area (Å²) in [5, 5.41) is -0.974. The van der Waals surface area contributed by atoms with Crippen LogP contribution in [0, 0.1) is 58.2 Å². The number of rotatable bonds is 9. The lowest BCUT2D eigenvalue weighted by Crippen LogP contribution is -2.53. The van der Waals surface area contributed by atoms with Crippen LogP contribution in [0.1, 0.15) is 110 Å². The molecule has 9 rings (SSSR count). The Morgan fingerprint density at radius 3 is 1.40 bits per heavy atom. The van der Waals surface area contributed by atoms with Gasteiger partial charge in [-0.15, -0.1) is 0 Å². The molecule has 6 aromatic heterocycles. The number of nitrogens with one attached hydrogen (secondary N) is 3. The highest BCUT2D eigenvalue weighted by molar-refractivity contribution is 5.90. The molecule has 0 radical (unpaired) electrons. The predicted molar refractivity (Wildman–Crippen MR) is 278 cm³/mol. The molecule has 6 atom stereocenters. The Morgan fingerprint density at radius 1 is 0.625 bits per heavy atom. The van der Waals surface area contributed by atoms with Gasteiger partial charge < -0.3 is 58.9 Å². The molecule has 0 aliphatic carbocycles. The van der Waals surface area contributed by atoms with E-state index in [0.29, 0.717) is 0 Å². The Labute approximate surface area is 475 Å². The second kappa shape index (κ2) is 22.9. The van der Waals surface area contributed by atoms with E-state index in [0.717, 1.165) is 13.8 Å². The number of aryl methyl sites for hydroxylation is 3. The van der Waals surface area contributed by atoms with E-state index in [-0.39, 0.29) is 86.3 Å². The van der Waals surface area contributed by atoms with Crippen molar-refractivity contribution in [2.75, 3.05) is 94.2 Å². The Morgan fingerprint density at radius 2 is 1.00 bits per heavy atom. The predicted octanol–water partition coefficient (Wildman–Crippen LogP) is 5.58. The van der Waals surface area contributed by atoms with Crippen LogP contribution in [0.5, 0.6) is 0 Å². The lowest BCUT2D eigenvalue weighted by atomic mass is 9.92.